The summed E-state index contributed by atoms with van der Waals surface area (Å²) in [5.41, 5.74) is 5.14. The Morgan fingerprint density at radius 1 is 1.06 bits per heavy atom. The third-order valence-corrected chi connectivity index (χ3v) is 7.93. The van der Waals surface area contributed by atoms with Crippen LogP contribution in [0.3, 0.4) is 0 Å². The zero-order valence-corrected chi connectivity index (χ0v) is 19.7. The molecular weight excluding hydrogens is 425 g/mol. The van der Waals surface area contributed by atoms with E-state index in [2.05, 4.69) is 52.8 Å². The molecule has 4 nitrogen and oxygen atoms in total. The number of likely N-dealkylation sites (tertiary alicyclic amines) is 1. The second-order valence-electron chi connectivity index (χ2n) is 10.0. The van der Waals surface area contributed by atoms with Crippen LogP contribution < -0.4 is 5.32 Å². The number of nitrogens with zero attached hydrogens (tertiary/aromatic N) is 2. The van der Waals surface area contributed by atoms with Crippen molar-refractivity contribution in [3.05, 3.63) is 83.3 Å². The number of hydrogen-bond acceptors (Lipinski definition) is 3. The Morgan fingerprint density at radius 2 is 1.85 bits per heavy atom. The molecule has 3 aromatic carbocycles. The lowest BCUT2D eigenvalue weighted by Gasteiger charge is -2.36. The molecule has 0 radical (unpaired) electrons. The van der Waals surface area contributed by atoms with Crippen molar-refractivity contribution >= 4 is 21.7 Å². The van der Waals surface area contributed by atoms with E-state index in [9.17, 15) is 9.50 Å². The van der Waals surface area contributed by atoms with Gasteiger partial charge in [-0.15, -0.1) is 0 Å². The van der Waals surface area contributed by atoms with Gasteiger partial charge in [0.25, 0.3) is 0 Å². The van der Waals surface area contributed by atoms with Gasteiger partial charge in [-0.1, -0.05) is 36.4 Å². The molecule has 2 atom stereocenters. The number of aliphatic hydroxyl groups excluding tert-OH is 1. The highest BCUT2D eigenvalue weighted by atomic mass is 19.1. The van der Waals surface area contributed by atoms with Crippen LogP contribution in [-0.4, -0.2) is 47.4 Å². The van der Waals surface area contributed by atoms with Crippen LogP contribution in [0.4, 0.5) is 4.39 Å². The Kier molecular flexibility index (Phi) is 5.64. The molecule has 1 unspecified atom stereocenters. The number of hydrogen-bond donors (Lipinski definition) is 2. The molecule has 2 aliphatic rings. The maximum Gasteiger partial charge on any atom is 0.125 e. The molecular formula is C29H32FN3O. The first-order valence-corrected chi connectivity index (χ1v) is 12.5. The number of aromatic nitrogens is 1. The minimum absolute atomic E-state index is 0.230. The van der Waals surface area contributed by atoms with Gasteiger partial charge in [0.1, 0.15) is 5.82 Å². The number of benzene rings is 3. The number of halogens is 1. The van der Waals surface area contributed by atoms with Crippen molar-refractivity contribution in [2.24, 2.45) is 0 Å². The van der Waals surface area contributed by atoms with Crippen LogP contribution in [0.1, 0.15) is 41.5 Å². The number of likely N-dealkylation sites (N-methyl/N-ethyl adjacent to an activating group) is 1. The van der Waals surface area contributed by atoms with Crippen LogP contribution in [0.15, 0.2) is 60.8 Å². The molecule has 4 aromatic rings. The van der Waals surface area contributed by atoms with Gasteiger partial charge < -0.3 is 15.0 Å². The van der Waals surface area contributed by atoms with E-state index in [0.717, 1.165) is 43.3 Å². The Balaban J connectivity index is 1.23. The highest BCUT2D eigenvalue weighted by Gasteiger charge is 2.32. The van der Waals surface area contributed by atoms with Crippen molar-refractivity contribution in [1.29, 1.82) is 0 Å². The van der Waals surface area contributed by atoms with Crippen LogP contribution >= 0.6 is 0 Å². The van der Waals surface area contributed by atoms with Crippen molar-refractivity contribution in [3.8, 4) is 0 Å². The standard InChI is InChI=1S/C29H32FN3O/c1-31-16-23(34)17-33-18-26(24-9-8-22(30)15-28(24)33)19-10-12-32(13-11-19)27-14-21-6-2-4-20-5-3-7-25(27)29(20)21/h2-9,15,18-19,23,27,31,34H,10-14,16-17H2,1H3/t23-,27?/m1/s1. The van der Waals surface area contributed by atoms with Crippen LogP contribution in [0.5, 0.6) is 0 Å². The van der Waals surface area contributed by atoms with Crippen LogP contribution in [0.25, 0.3) is 21.7 Å². The molecule has 1 fully saturated rings. The van der Waals surface area contributed by atoms with E-state index in [-0.39, 0.29) is 5.82 Å². The Morgan fingerprint density at radius 3 is 2.65 bits per heavy atom. The lowest BCUT2D eigenvalue weighted by atomic mass is 9.88. The minimum atomic E-state index is -0.509. The normalized spacial score (nSPS) is 19.9. The van der Waals surface area contributed by atoms with Crippen LogP contribution in [0.2, 0.25) is 0 Å². The van der Waals surface area contributed by atoms with Crippen molar-refractivity contribution in [1.82, 2.24) is 14.8 Å². The van der Waals surface area contributed by atoms with Gasteiger partial charge in [-0.05, 0) is 91.0 Å². The summed E-state index contributed by atoms with van der Waals surface area (Å²) in [5.74, 6) is 0.220. The molecule has 0 spiro atoms. The molecule has 5 heteroatoms. The maximum atomic E-state index is 14.1. The first kappa shape index (κ1) is 21.8. The van der Waals surface area contributed by atoms with E-state index < -0.39 is 6.10 Å². The topological polar surface area (TPSA) is 40.4 Å². The fraction of sp³-hybridized carbons (Fsp3) is 0.379. The van der Waals surface area contributed by atoms with E-state index >= 15 is 0 Å². The average Bonchev–Trinajstić information content (AvgIpc) is 3.39. The lowest BCUT2D eigenvalue weighted by Crippen LogP contribution is -2.36. The predicted molar refractivity (Wildman–Crippen MR) is 136 cm³/mol. The monoisotopic (exact) mass is 457 g/mol. The van der Waals surface area contributed by atoms with E-state index in [1.54, 1.807) is 12.1 Å². The number of piperidine rings is 1. The maximum absolute atomic E-state index is 14.1. The fourth-order valence-corrected chi connectivity index (χ4v) is 6.36. The quantitative estimate of drug-likeness (QED) is 0.429. The smallest absolute Gasteiger partial charge is 0.125 e. The van der Waals surface area contributed by atoms with Gasteiger partial charge in [-0.25, -0.2) is 4.39 Å². The van der Waals surface area contributed by atoms with Crippen molar-refractivity contribution < 1.29 is 9.50 Å². The molecule has 1 aliphatic heterocycles. The van der Waals surface area contributed by atoms with Crippen molar-refractivity contribution in [3.63, 3.8) is 0 Å². The summed E-state index contributed by atoms with van der Waals surface area (Å²) in [5, 5.41) is 17.3. The first-order chi connectivity index (χ1) is 16.6. The molecule has 0 amide bonds. The fourth-order valence-electron chi connectivity index (χ4n) is 6.36. The Hall–Kier alpha value is -2.73. The molecule has 1 aromatic heterocycles. The number of nitrogens with one attached hydrogen (secondary N) is 1. The van der Waals surface area contributed by atoms with Gasteiger partial charge in [-0.2, -0.15) is 0 Å². The predicted octanol–water partition coefficient (Wildman–Crippen LogP) is 4.99. The van der Waals surface area contributed by atoms with E-state index in [4.69, 9.17) is 0 Å². The molecule has 0 saturated carbocycles. The molecule has 0 bridgehead atoms. The summed E-state index contributed by atoms with van der Waals surface area (Å²) in [4.78, 5) is 2.67. The summed E-state index contributed by atoms with van der Waals surface area (Å²) in [6, 6.07) is 19.0. The second-order valence-corrected chi connectivity index (χ2v) is 10.0. The third-order valence-electron chi connectivity index (χ3n) is 7.93. The number of fused-ring (bicyclic) bond motifs is 1. The highest BCUT2D eigenvalue weighted by molar-refractivity contribution is 5.91. The van der Waals surface area contributed by atoms with Crippen molar-refractivity contribution in [2.75, 3.05) is 26.7 Å². The van der Waals surface area contributed by atoms with Gasteiger partial charge in [-0.3, -0.25) is 4.90 Å². The summed E-state index contributed by atoms with van der Waals surface area (Å²) < 4.78 is 16.1. The van der Waals surface area contributed by atoms with E-state index in [1.165, 1.54) is 27.5 Å². The summed E-state index contributed by atoms with van der Waals surface area (Å²) in [6.45, 7) is 3.11. The summed E-state index contributed by atoms with van der Waals surface area (Å²) in [7, 11) is 1.83. The van der Waals surface area contributed by atoms with E-state index in [1.807, 2.05) is 17.7 Å². The largest absolute Gasteiger partial charge is 0.390 e. The molecule has 2 N–H and O–H groups in total. The van der Waals surface area contributed by atoms with E-state index in [0.29, 0.717) is 25.0 Å². The zero-order chi connectivity index (χ0) is 23.2. The SMILES string of the molecule is CNC[C@@H](O)Cn1cc(C2CCN(C3Cc4cccc5cccc3c45)CC2)c2ccc(F)cc21. The molecule has 1 aliphatic carbocycles. The van der Waals surface area contributed by atoms with Gasteiger partial charge in [0.05, 0.1) is 11.6 Å². The average molecular weight is 458 g/mol. The van der Waals surface area contributed by atoms with Gasteiger partial charge in [0, 0.05) is 30.7 Å². The van der Waals surface area contributed by atoms with Crippen molar-refractivity contribution in [2.45, 2.75) is 43.9 Å². The number of rotatable bonds is 6. The third kappa shape index (κ3) is 3.72. The Bertz CT molecular complexity index is 1330. The summed E-state index contributed by atoms with van der Waals surface area (Å²) >= 11 is 0. The Labute approximate surface area is 200 Å². The minimum Gasteiger partial charge on any atom is -0.390 e. The summed E-state index contributed by atoms with van der Waals surface area (Å²) in [6.07, 6.45) is 4.94. The molecule has 6 rings (SSSR count). The molecule has 34 heavy (non-hydrogen) atoms. The second kappa shape index (κ2) is 8.81. The van der Waals surface area contributed by atoms with Crippen LogP contribution in [-0.2, 0) is 13.0 Å². The lowest BCUT2D eigenvalue weighted by molar-refractivity contribution is 0.153. The molecule has 2 heterocycles. The van der Waals surface area contributed by atoms with Gasteiger partial charge in [0.2, 0.25) is 0 Å². The van der Waals surface area contributed by atoms with Crippen LogP contribution in [0, 0.1) is 5.82 Å². The number of aliphatic hydroxyl groups is 1. The van der Waals surface area contributed by atoms with Gasteiger partial charge >= 0.3 is 0 Å². The molecule has 1 saturated heterocycles. The highest BCUT2D eigenvalue weighted by Crippen LogP contribution is 2.43. The molecule has 176 valence electrons. The van der Waals surface area contributed by atoms with Gasteiger partial charge in [0.15, 0.2) is 0 Å². The zero-order valence-electron chi connectivity index (χ0n) is 19.7. The first-order valence-electron chi connectivity index (χ1n) is 12.5.